The minimum absolute atomic E-state index is 0.456. The Kier molecular flexibility index (Phi) is 4.52. The molecule has 0 N–H and O–H groups in total. The minimum Gasteiger partial charge on any atom is -0.424 e. The van der Waals surface area contributed by atoms with Gasteiger partial charge in [0.15, 0.2) is 0 Å². The molecule has 2 aromatic rings. The lowest BCUT2D eigenvalue weighted by Crippen LogP contribution is -2.50. The van der Waals surface area contributed by atoms with Gasteiger partial charge in [-0.2, -0.15) is 0 Å². The summed E-state index contributed by atoms with van der Waals surface area (Å²) in [5.74, 6) is 2.87. The molecule has 1 atom stereocenters. The van der Waals surface area contributed by atoms with Crippen LogP contribution in [0.3, 0.4) is 0 Å². The third kappa shape index (κ3) is 3.81. The lowest BCUT2D eigenvalue weighted by Gasteiger charge is -2.49. The summed E-state index contributed by atoms with van der Waals surface area (Å²) in [6, 6.07) is 11.1. The smallest absolute Gasteiger partial charge is 0.230 e. The van der Waals surface area contributed by atoms with E-state index in [1.807, 2.05) is 0 Å². The van der Waals surface area contributed by atoms with Crippen molar-refractivity contribution in [2.75, 3.05) is 33.2 Å². The summed E-state index contributed by atoms with van der Waals surface area (Å²) in [5.41, 5.74) is 1.96. The highest BCUT2D eigenvalue weighted by atomic mass is 16.4. The maximum atomic E-state index is 5.87. The molecule has 1 unspecified atom stereocenters. The minimum atomic E-state index is 0.456. The van der Waals surface area contributed by atoms with E-state index in [1.165, 1.54) is 50.8 Å². The van der Waals surface area contributed by atoms with E-state index < -0.39 is 0 Å². The van der Waals surface area contributed by atoms with Crippen LogP contribution in [0.4, 0.5) is 0 Å². The first-order valence-electron chi connectivity index (χ1n) is 10.5. The first-order chi connectivity index (χ1) is 13.2. The Morgan fingerprint density at radius 3 is 2.59 bits per heavy atom. The molecule has 27 heavy (non-hydrogen) atoms. The number of nitrogens with zero attached hydrogens (tertiary/aromatic N) is 4. The third-order valence-corrected chi connectivity index (χ3v) is 6.77. The van der Waals surface area contributed by atoms with Crippen molar-refractivity contribution in [2.45, 2.75) is 50.5 Å². The van der Waals surface area contributed by atoms with Crippen LogP contribution < -0.4 is 0 Å². The molecule has 0 bridgehead atoms. The average Bonchev–Trinajstić information content (AvgIpc) is 3.43. The number of rotatable bonds is 4. The summed E-state index contributed by atoms with van der Waals surface area (Å²) in [5, 5.41) is 8.50. The SMILES string of the molecule is CN1CC(c2ccccc2)CC2(CCN(Cc3nnc(C4CC4)o3)CC2)C1. The van der Waals surface area contributed by atoms with Gasteiger partial charge in [-0.15, -0.1) is 10.2 Å². The normalized spacial score (nSPS) is 26.5. The van der Waals surface area contributed by atoms with Crippen LogP contribution in [0.5, 0.6) is 0 Å². The Morgan fingerprint density at radius 1 is 1.07 bits per heavy atom. The molecule has 3 heterocycles. The van der Waals surface area contributed by atoms with Gasteiger partial charge in [0.05, 0.1) is 6.54 Å². The Balaban J connectivity index is 1.21. The molecular weight excluding hydrogens is 336 g/mol. The van der Waals surface area contributed by atoms with Crippen LogP contribution in [0.2, 0.25) is 0 Å². The highest BCUT2D eigenvalue weighted by Gasteiger charge is 2.41. The van der Waals surface area contributed by atoms with Gasteiger partial charge in [0, 0.05) is 19.0 Å². The highest BCUT2D eigenvalue weighted by Crippen LogP contribution is 2.45. The van der Waals surface area contributed by atoms with Crippen LogP contribution >= 0.6 is 0 Å². The lowest BCUT2D eigenvalue weighted by molar-refractivity contribution is 0.0195. The predicted molar refractivity (Wildman–Crippen MR) is 105 cm³/mol. The van der Waals surface area contributed by atoms with E-state index in [0.29, 0.717) is 17.3 Å². The average molecular weight is 367 g/mol. The largest absolute Gasteiger partial charge is 0.424 e. The zero-order valence-electron chi connectivity index (χ0n) is 16.3. The van der Waals surface area contributed by atoms with E-state index in [-0.39, 0.29) is 0 Å². The molecule has 0 amide bonds. The van der Waals surface area contributed by atoms with Crippen LogP contribution in [0, 0.1) is 5.41 Å². The maximum Gasteiger partial charge on any atom is 0.230 e. The molecule has 1 aromatic carbocycles. The Labute approximate surface area is 161 Å². The van der Waals surface area contributed by atoms with Gasteiger partial charge in [0.2, 0.25) is 11.8 Å². The Morgan fingerprint density at radius 2 is 1.85 bits per heavy atom. The first kappa shape index (κ1) is 17.4. The molecule has 2 saturated heterocycles. The fraction of sp³-hybridized carbons (Fsp3) is 0.636. The van der Waals surface area contributed by atoms with E-state index in [0.717, 1.165) is 31.4 Å². The standard InChI is InChI=1S/C22H30N4O/c1-25-14-19(17-5-3-2-4-6-17)13-22(16-25)9-11-26(12-10-22)15-20-23-24-21(27-20)18-7-8-18/h2-6,18-19H,7-16H2,1H3. The molecule has 3 fully saturated rings. The summed E-state index contributed by atoms with van der Waals surface area (Å²) in [7, 11) is 2.29. The number of hydrogen-bond acceptors (Lipinski definition) is 5. The van der Waals surface area contributed by atoms with E-state index in [9.17, 15) is 0 Å². The van der Waals surface area contributed by atoms with Crippen molar-refractivity contribution in [2.24, 2.45) is 5.41 Å². The quantitative estimate of drug-likeness (QED) is 0.826. The zero-order valence-corrected chi connectivity index (χ0v) is 16.3. The summed E-state index contributed by atoms with van der Waals surface area (Å²) < 4.78 is 5.87. The summed E-state index contributed by atoms with van der Waals surface area (Å²) in [4.78, 5) is 5.05. The molecular formula is C22H30N4O. The van der Waals surface area contributed by atoms with Crippen molar-refractivity contribution in [3.8, 4) is 0 Å². The molecule has 2 aliphatic heterocycles. The van der Waals surface area contributed by atoms with Crippen LogP contribution in [-0.2, 0) is 6.54 Å². The van der Waals surface area contributed by atoms with Gasteiger partial charge in [0.1, 0.15) is 0 Å². The van der Waals surface area contributed by atoms with Crippen molar-refractivity contribution < 1.29 is 4.42 Å². The fourth-order valence-electron chi connectivity index (χ4n) is 5.18. The number of likely N-dealkylation sites (N-methyl/N-ethyl adjacent to an activating group) is 1. The van der Waals surface area contributed by atoms with Crippen LogP contribution in [0.15, 0.2) is 34.7 Å². The van der Waals surface area contributed by atoms with Crippen LogP contribution in [0.25, 0.3) is 0 Å². The van der Waals surface area contributed by atoms with E-state index >= 15 is 0 Å². The first-order valence-corrected chi connectivity index (χ1v) is 10.5. The van der Waals surface area contributed by atoms with Crippen LogP contribution in [0.1, 0.15) is 61.3 Å². The van der Waals surface area contributed by atoms with E-state index in [4.69, 9.17) is 4.42 Å². The van der Waals surface area contributed by atoms with Gasteiger partial charge in [-0.25, -0.2) is 0 Å². The number of aromatic nitrogens is 2. The molecule has 1 aromatic heterocycles. The third-order valence-electron chi connectivity index (χ3n) is 6.77. The Bertz CT molecular complexity index is 762. The van der Waals surface area contributed by atoms with Gasteiger partial charge in [-0.05, 0) is 69.1 Å². The molecule has 1 saturated carbocycles. The van der Waals surface area contributed by atoms with E-state index in [2.05, 4.69) is 57.4 Å². The van der Waals surface area contributed by atoms with Crippen molar-refractivity contribution >= 4 is 0 Å². The topological polar surface area (TPSA) is 45.4 Å². The van der Waals surface area contributed by atoms with Crippen molar-refractivity contribution in [3.05, 3.63) is 47.7 Å². The summed E-state index contributed by atoms with van der Waals surface area (Å²) in [6.45, 7) is 5.50. The number of piperidine rings is 2. The monoisotopic (exact) mass is 366 g/mol. The predicted octanol–water partition coefficient (Wildman–Crippen LogP) is 3.65. The number of benzene rings is 1. The van der Waals surface area contributed by atoms with Gasteiger partial charge in [-0.1, -0.05) is 30.3 Å². The van der Waals surface area contributed by atoms with Crippen LogP contribution in [-0.4, -0.2) is 53.2 Å². The summed E-state index contributed by atoms with van der Waals surface area (Å²) >= 11 is 0. The molecule has 144 valence electrons. The molecule has 5 heteroatoms. The van der Waals surface area contributed by atoms with E-state index in [1.54, 1.807) is 0 Å². The zero-order chi connectivity index (χ0) is 18.3. The van der Waals surface area contributed by atoms with Crippen molar-refractivity contribution in [1.82, 2.24) is 20.0 Å². The number of hydrogen-bond donors (Lipinski definition) is 0. The fourth-order valence-corrected chi connectivity index (χ4v) is 5.18. The van der Waals surface area contributed by atoms with Gasteiger partial charge < -0.3 is 9.32 Å². The van der Waals surface area contributed by atoms with Crippen molar-refractivity contribution in [1.29, 1.82) is 0 Å². The second kappa shape index (κ2) is 7.02. The maximum absolute atomic E-state index is 5.87. The van der Waals surface area contributed by atoms with Gasteiger partial charge in [-0.3, -0.25) is 4.90 Å². The van der Waals surface area contributed by atoms with Gasteiger partial charge in [0.25, 0.3) is 0 Å². The molecule has 5 rings (SSSR count). The Hall–Kier alpha value is -1.72. The molecule has 0 radical (unpaired) electrons. The van der Waals surface area contributed by atoms with Gasteiger partial charge >= 0.3 is 0 Å². The van der Waals surface area contributed by atoms with Crippen molar-refractivity contribution in [3.63, 3.8) is 0 Å². The second-order valence-corrected chi connectivity index (χ2v) is 9.09. The molecule has 5 nitrogen and oxygen atoms in total. The number of likely N-dealkylation sites (tertiary alicyclic amines) is 2. The lowest BCUT2D eigenvalue weighted by atomic mass is 9.68. The molecule has 3 aliphatic rings. The highest BCUT2D eigenvalue weighted by molar-refractivity contribution is 5.21. The molecule has 1 aliphatic carbocycles. The molecule has 1 spiro atoms. The second-order valence-electron chi connectivity index (χ2n) is 9.09. The summed E-state index contributed by atoms with van der Waals surface area (Å²) in [6.07, 6.45) is 6.28.